The lowest BCUT2D eigenvalue weighted by molar-refractivity contribution is 0.559. The second kappa shape index (κ2) is 8.51. The number of nitrogens with one attached hydrogen (secondary N) is 1. The number of H-pyrrole nitrogens is 1. The van der Waals surface area contributed by atoms with Crippen LogP contribution in [0.1, 0.15) is 70.8 Å². The van der Waals surface area contributed by atoms with Crippen molar-refractivity contribution in [3.05, 3.63) is 17.7 Å². The summed E-state index contributed by atoms with van der Waals surface area (Å²) in [6, 6.07) is 0. The molecular weight excluding hydrogens is 184 g/mol. The van der Waals surface area contributed by atoms with Crippen LogP contribution in [-0.2, 0) is 0 Å². The molecule has 1 atom stereocenters. The monoisotopic (exact) mass is 210 g/mol. The topological polar surface area (TPSA) is 28.7 Å². The number of aryl methyl sites for hydroxylation is 1. The molecule has 1 N–H and O–H groups in total. The van der Waals surface area contributed by atoms with Gasteiger partial charge in [0.1, 0.15) is 5.82 Å². The van der Waals surface area contributed by atoms with E-state index in [4.69, 9.17) is 0 Å². The van der Waals surface area contributed by atoms with Gasteiger partial charge in [-0.2, -0.15) is 0 Å². The maximum absolute atomic E-state index is 4.24. The van der Waals surface area contributed by atoms with E-state index in [1.54, 1.807) is 0 Å². The molecule has 0 radical (unpaired) electrons. The molecule has 15 heavy (non-hydrogen) atoms. The maximum Gasteiger partial charge on any atom is 0.103 e. The number of nitrogens with zero attached hydrogens (tertiary/aromatic N) is 1. The van der Waals surface area contributed by atoms with Gasteiger partial charge in [0.2, 0.25) is 0 Å². The van der Waals surface area contributed by atoms with E-state index in [0.717, 1.165) is 5.82 Å². The first-order valence-corrected chi connectivity index (χ1v) is 6.29. The lowest BCUT2D eigenvalue weighted by Gasteiger charge is -2.11. The van der Waals surface area contributed by atoms with E-state index in [1.807, 2.05) is 27.0 Å². The van der Waals surface area contributed by atoms with Crippen molar-refractivity contribution in [1.29, 1.82) is 0 Å². The van der Waals surface area contributed by atoms with Crippen LogP contribution in [0.3, 0.4) is 0 Å². The molecule has 0 fully saturated rings. The van der Waals surface area contributed by atoms with Crippen molar-refractivity contribution >= 4 is 0 Å². The van der Waals surface area contributed by atoms with Crippen molar-refractivity contribution in [3.8, 4) is 0 Å². The highest BCUT2D eigenvalue weighted by atomic mass is 14.9. The first-order valence-electron chi connectivity index (χ1n) is 6.29. The summed E-state index contributed by atoms with van der Waals surface area (Å²) in [5.41, 5.74) is 1.31. The summed E-state index contributed by atoms with van der Waals surface area (Å²) in [7, 11) is 0. The third kappa shape index (κ3) is 5.01. The van der Waals surface area contributed by atoms with Gasteiger partial charge in [0, 0.05) is 17.8 Å². The summed E-state index contributed by atoms with van der Waals surface area (Å²) < 4.78 is 0. The Labute approximate surface area is 94.5 Å². The fraction of sp³-hybridized carbons (Fsp3) is 0.769. The number of hydrogen-bond donors (Lipinski definition) is 1. The molecule has 0 saturated heterocycles. The van der Waals surface area contributed by atoms with Gasteiger partial charge in [-0.1, -0.05) is 40.5 Å². The van der Waals surface area contributed by atoms with Crippen molar-refractivity contribution in [2.45, 2.75) is 66.2 Å². The Balaban J connectivity index is 0.000000921. The number of imidazole rings is 1. The van der Waals surface area contributed by atoms with Crippen LogP contribution in [0, 0.1) is 6.92 Å². The van der Waals surface area contributed by atoms with Crippen LogP contribution in [0.5, 0.6) is 0 Å². The van der Waals surface area contributed by atoms with Gasteiger partial charge in [-0.15, -0.1) is 0 Å². The molecule has 1 heterocycles. The van der Waals surface area contributed by atoms with E-state index in [2.05, 4.69) is 23.8 Å². The lowest BCUT2D eigenvalue weighted by Crippen LogP contribution is -1.97. The van der Waals surface area contributed by atoms with Gasteiger partial charge in [-0.3, -0.25) is 0 Å². The van der Waals surface area contributed by atoms with Crippen LogP contribution < -0.4 is 0 Å². The Morgan fingerprint density at radius 3 is 2.40 bits per heavy atom. The average molecular weight is 210 g/mol. The predicted molar refractivity (Wildman–Crippen MR) is 67.2 cm³/mol. The molecule has 0 spiro atoms. The van der Waals surface area contributed by atoms with Crippen LogP contribution in [0.25, 0.3) is 0 Å². The van der Waals surface area contributed by atoms with Crippen molar-refractivity contribution in [2.75, 3.05) is 0 Å². The molecule has 88 valence electrons. The fourth-order valence-corrected chi connectivity index (χ4v) is 1.68. The van der Waals surface area contributed by atoms with Crippen LogP contribution >= 0.6 is 0 Å². The van der Waals surface area contributed by atoms with Gasteiger partial charge in [0.05, 0.1) is 0 Å². The van der Waals surface area contributed by atoms with Crippen LogP contribution in [0.4, 0.5) is 0 Å². The van der Waals surface area contributed by atoms with E-state index >= 15 is 0 Å². The Hall–Kier alpha value is -0.790. The van der Waals surface area contributed by atoms with Crippen LogP contribution in [-0.4, -0.2) is 9.97 Å². The molecule has 0 amide bonds. The zero-order chi connectivity index (χ0) is 11.7. The Morgan fingerprint density at radius 2 is 2.00 bits per heavy atom. The molecule has 0 bridgehead atoms. The SMILES string of the molecule is CC.CCCCC(CC)c1cnc(C)[nH]1. The Kier molecular flexibility index (Phi) is 8.06. The number of hydrogen-bond acceptors (Lipinski definition) is 1. The Morgan fingerprint density at radius 1 is 1.33 bits per heavy atom. The molecule has 0 aliphatic rings. The van der Waals surface area contributed by atoms with Crippen molar-refractivity contribution in [2.24, 2.45) is 0 Å². The van der Waals surface area contributed by atoms with E-state index in [-0.39, 0.29) is 0 Å². The second-order valence-electron chi connectivity index (χ2n) is 3.67. The highest BCUT2D eigenvalue weighted by Crippen LogP contribution is 2.23. The number of rotatable bonds is 5. The smallest absolute Gasteiger partial charge is 0.103 e. The first kappa shape index (κ1) is 14.2. The highest BCUT2D eigenvalue weighted by Gasteiger charge is 2.10. The third-order valence-corrected chi connectivity index (χ3v) is 2.56. The summed E-state index contributed by atoms with van der Waals surface area (Å²) in [6.45, 7) is 10.5. The zero-order valence-corrected chi connectivity index (χ0v) is 10.9. The van der Waals surface area contributed by atoms with Crippen LogP contribution in [0.2, 0.25) is 0 Å². The molecule has 1 aromatic heterocycles. The van der Waals surface area contributed by atoms with Gasteiger partial charge in [0.15, 0.2) is 0 Å². The minimum absolute atomic E-state index is 0.682. The zero-order valence-electron chi connectivity index (χ0n) is 10.9. The third-order valence-electron chi connectivity index (χ3n) is 2.56. The van der Waals surface area contributed by atoms with E-state index in [1.165, 1.54) is 31.4 Å². The van der Waals surface area contributed by atoms with Crippen molar-refractivity contribution in [3.63, 3.8) is 0 Å². The minimum atomic E-state index is 0.682. The van der Waals surface area contributed by atoms with Gasteiger partial charge in [-0.25, -0.2) is 4.98 Å². The summed E-state index contributed by atoms with van der Waals surface area (Å²) in [6.07, 6.45) is 7.08. The molecular formula is C13H26N2. The molecule has 0 aliphatic carbocycles. The normalized spacial score (nSPS) is 11.8. The summed E-state index contributed by atoms with van der Waals surface area (Å²) in [5.74, 6) is 1.71. The number of aromatic nitrogens is 2. The molecule has 1 aromatic rings. The largest absolute Gasteiger partial charge is 0.346 e. The molecule has 1 rings (SSSR count). The van der Waals surface area contributed by atoms with Crippen LogP contribution in [0.15, 0.2) is 6.20 Å². The van der Waals surface area contributed by atoms with E-state index in [9.17, 15) is 0 Å². The lowest BCUT2D eigenvalue weighted by atomic mass is 9.96. The average Bonchev–Trinajstić information content (AvgIpc) is 2.69. The first-order chi connectivity index (χ1) is 7.27. The molecule has 0 saturated carbocycles. The quantitative estimate of drug-likeness (QED) is 0.765. The minimum Gasteiger partial charge on any atom is -0.346 e. The maximum atomic E-state index is 4.24. The predicted octanol–water partition coefficient (Wildman–Crippen LogP) is 4.43. The van der Waals surface area contributed by atoms with E-state index in [0.29, 0.717) is 5.92 Å². The number of unbranched alkanes of at least 4 members (excludes halogenated alkanes) is 1. The van der Waals surface area contributed by atoms with Crippen molar-refractivity contribution < 1.29 is 0 Å². The van der Waals surface area contributed by atoms with Gasteiger partial charge >= 0.3 is 0 Å². The van der Waals surface area contributed by atoms with E-state index < -0.39 is 0 Å². The summed E-state index contributed by atoms with van der Waals surface area (Å²) in [4.78, 5) is 7.56. The fourth-order valence-electron chi connectivity index (χ4n) is 1.68. The molecule has 2 heteroatoms. The summed E-state index contributed by atoms with van der Waals surface area (Å²) >= 11 is 0. The molecule has 1 unspecified atom stereocenters. The molecule has 0 aliphatic heterocycles. The molecule has 2 nitrogen and oxygen atoms in total. The van der Waals surface area contributed by atoms with Gasteiger partial charge in [0.25, 0.3) is 0 Å². The highest BCUT2D eigenvalue weighted by molar-refractivity contribution is 5.06. The summed E-state index contributed by atoms with van der Waals surface area (Å²) in [5, 5.41) is 0. The van der Waals surface area contributed by atoms with Crippen molar-refractivity contribution in [1.82, 2.24) is 9.97 Å². The van der Waals surface area contributed by atoms with Gasteiger partial charge < -0.3 is 4.98 Å². The standard InChI is InChI=1S/C11H20N2.C2H6/c1-4-6-7-10(5-2)11-8-12-9(3)13-11;1-2/h8,10H,4-7H2,1-3H3,(H,12,13);1-2H3. The van der Waals surface area contributed by atoms with Gasteiger partial charge in [-0.05, 0) is 19.8 Å². The Bertz CT molecular complexity index is 240. The number of aromatic amines is 1. The molecule has 0 aromatic carbocycles. The second-order valence-corrected chi connectivity index (χ2v) is 3.67.